The molecule has 0 aliphatic rings. The third-order valence-electron chi connectivity index (χ3n) is 2.64. The number of aliphatic hydroxyl groups excluding tert-OH is 1. The Kier molecular flexibility index (Phi) is 4.70. The van der Waals surface area contributed by atoms with E-state index in [4.69, 9.17) is 0 Å². The Morgan fingerprint density at radius 3 is 2.18 bits per heavy atom. The quantitative estimate of drug-likeness (QED) is 0.869. The summed E-state index contributed by atoms with van der Waals surface area (Å²) in [5, 5.41) is 9.42. The van der Waals surface area contributed by atoms with Crippen molar-refractivity contribution in [3.8, 4) is 0 Å². The fraction of sp³-hybridized carbons (Fsp3) is 0.500. The topological polar surface area (TPSA) is 40.5 Å². The Morgan fingerprint density at radius 1 is 1.24 bits per heavy atom. The highest BCUT2D eigenvalue weighted by molar-refractivity contribution is 5.94. The molecule has 1 aromatic carbocycles. The third-order valence-corrected chi connectivity index (χ3v) is 2.64. The van der Waals surface area contributed by atoms with Crippen molar-refractivity contribution < 1.29 is 9.90 Å². The van der Waals surface area contributed by atoms with Gasteiger partial charge in [0, 0.05) is 18.2 Å². The van der Waals surface area contributed by atoms with Crippen LogP contribution in [0.4, 0.5) is 0 Å². The maximum absolute atomic E-state index is 12.2. The average Bonchev–Trinajstić information content (AvgIpc) is 2.25. The van der Waals surface area contributed by atoms with Crippen LogP contribution in [0.5, 0.6) is 0 Å². The zero-order chi connectivity index (χ0) is 13.0. The number of amides is 1. The number of hydrogen-bond donors (Lipinski definition) is 1. The van der Waals surface area contributed by atoms with Gasteiger partial charge in [-0.3, -0.25) is 4.79 Å². The van der Waals surface area contributed by atoms with Gasteiger partial charge in [-0.1, -0.05) is 17.7 Å². The Labute approximate surface area is 103 Å². The molecular weight excluding hydrogens is 214 g/mol. The van der Waals surface area contributed by atoms with Crippen molar-refractivity contribution in [2.24, 2.45) is 0 Å². The Hall–Kier alpha value is -1.35. The van der Waals surface area contributed by atoms with Gasteiger partial charge in [-0.25, -0.2) is 0 Å². The summed E-state index contributed by atoms with van der Waals surface area (Å²) in [6, 6.07) is 7.59. The largest absolute Gasteiger partial charge is 0.392 e. The minimum Gasteiger partial charge on any atom is -0.392 e. The van der Waals surface area contributed by atoms with E-state index in [1.54, 1.807) is 11.8 Å². The predicted molar refractivity (Wildman–Crippen MR) is 69.0 cm³/mol. The van der Waals surface area contributed by atoms with Crippen LogP contribution in [0.1, 0.15) is 36.7 Å². The van der Waals surface area contributed by atoms with Crippen molar-refractivity contribution in [3.63, 3.8) is 0 Å². The van der Waals surface area contributed by atoms with E-state index in [1.807, 2.05) is 45.0 Å². The van der Waals surface area contributed by atoms with Crippen LogP contribution in [0.2, 0.25) is 0 Å². The smallest absolute Gasteiger partial charge is 0.254 e. The first kappa shape index (κ1) is 13.7. The average molecular weight is 235 g/mol. The number of carbonyl (C=O) groups is 1. The van der Waals surface area contributed by atoms with Crippen LogP contribution < -0.4 is 0 Å². The minimum absolute atomic E-state index is 0.0269. The second-order valence-electron chi connectivity index (χ2n) is 4.77. The number of rotatable bonds is 4. The number of hydrogen-bond acceptors (Lipinski definition) is 2. The molecule has 0 aliphatic heterocycles. The Bertz CT molecular complexity index is 368. The molecule has 94 valence electrons. The number of benzene rings is 1. The molecule has 0 bridgehead atoms. The fourth-order valence-corrected chi connectivity index (χ4v) is 1.67. The zero-order valence-electron chi connectivity index (χ0n) is 11.0. The van der Waals surface area contributed by atoms with Crippen LogP contribution in [-0.2, 0) is 0 Å². The van der Waals surface area contributed by atoms with Crippen molar-refractivity contribution in [2.75, 3.05) is 6.54 Å². The highest BCUT2D eigenvalue weighted by Gasteiger charge is 2.19. The van der Waals surface area contributed by atoms with E-state index in [2.05, 4.69) is 0 Å². The number of nitrogens with zero attached hydrogens (tertiary/aromatic N) is 1. The minimum atomic E-state index is -0.508. The monoisotopic (exact) mass is 235 g/mol. The van der Waals surface area contributed by atoms with Crippen molar-refractivity contribution in [3.05, 3.63) is 35.4 Å². The molecule has 0 heterocycles. The molecule has 1 N–H and O–H groups in total. The standard InChI is InChI=1S/C14H21NO2/c1-10(2)15(9-12(4)16)14(17)13-7-5-11(3)6-8-13/h5-8,10,12,16H,9H2,1-4H3. The van der Waals surface area contributed by atoms with E-state index in [0.29, 0.717) is 12.1 Å². The Balaban J connectivity index is 2.88. The molecule has 0 spiro atoms. The van der Waals surface area contributed by atoms with Crippen LogP contribution >= 0.6 is 0 Å². The summed E-state index contributed by atoms with van der Waals surface area (Å²) in [6.45, 7) is 7.95. The van der Waals surface area contributed by atoms with Gasteiger partial charge in [0.1, 0.15) is 0 Å². The highest BCUT2D eigenvalue weighted by atomic mass is 16.3. The zero-order valence-corrected chi connectivity index (χ0v) is 11.0. The molecule has 1 aromatic rings. The molecule has 3 nitrogen and oxygen atoms in total. The van der Waals surface area contributed by atoms with Gasteiger partial charge >= 0.3 is 0 Å². The first-order chi connectivity index (χ1) is 7.91. The lowest BCUT2D eigenvalue weighted by Gasteiger charge is -2.28. The molecular formula is C14H21NO2. The van der Waals surface area contributed by atoms with Gasteiger partial charge in [0.25, 0.3) is 5.91 Å². The lowest BCUT2D eigenvalue weighted by Crippen LogP contribution is -2.41. The summed E-state index contributed by atoms with van der Waals surface area (Å²) in [7, 11) is 0. The molecule has 1 atom stereocenters. The molecule has 17 heavy (non-hydrogen) atoms. The van der Waals surface area contributed by atoms with Crippen molar-refractivity contribution >= 4 is 5.91 Å². The van der Waals surface area contributed by atoms with Crippen molar-refractivity contribution in [2.45, 2.75) is 39.8 Å². The van der Waals surface area contributed by atoms with E-state index in [9.17, 15) is 9.90 Å². The number of aryl methyl sites for hydroxylation is 1. The van der Waals surface area contributed by atoms with E-state index in [-0.39, 0.29) is 11.9 Å². The van der Waals surface area contributed by atoms with E-state index >= 15 is 0 Å². The van der Waals surface area contributed by atoms with Gasteiger partial charge in [-0.15, -0.1) is 0 Å². The third kappa shape index (κ3) is 3.86. The summed E-state index contributed by atoms with van der Waals surface area (Å²) in [6.07, 6.45) is -0.508. The van der Waals surface area contributed by atoms with Gasteiger partial charge in [0.15, 0.2) is 0 Å². The van der Waals surface area contributed by atoms with Crippen LogP contribution in [-0.4, -0.2) is 34.6 Å². The van der Waals surface area contributed by atoms with Crippen LogP contribution in [0.3, 0.4) is 0 Å². The maximum atomic E-state index is 12.2. The lowest BCUT2D eigenvalue weighted by molar-refractivity contribution is 0.0579. The first-order valence-electron chi connectivity index (χ1n) is 5.97. The summed E-state index contributed by atoms with van der Waals surface area (Å²) < 4.78 is 0. The summed E-state index contributed by atoms with van der Waals surface area (Å²) >= 11 is 0. The molecule has 0 aromatic heterocycles. The molecule has 1 amide bonds. The molecule has 1 rings (SSSR count). The Morgan fingerprint density at radius 2 is 1.76 bits per heavy atom. The van der Waals surface area contributed by atoms with E-state index < -0.39 is 6.10 Å². The second kappa shape index (κ2) is 5.82. The summed E-state index contributed by atoms with van der Waals surface area (Å²) in [4.78, 5) is 13.9. The summed E-state index contributed by atoms with van der Waals surface area (Å²) in [5.41, 5.74) is 1.80. The van der Waals surface area contributed by atoms with Gasteiger partial charge in [0.05, 0.1) is 6.10 Å². The van der Waals surface area contributed by atoms with Crippen molar-refractivity contribution in [1.82, 2.24) is 4.90 Å². The molecule has 1 unspecified atom stereocenters. The molecule has 0 radical (unpaired) electrons. The second-order valence-corrected chi connectivity index (χ2v) is 4.77. The molecule has 0 saturated carbocycles. The van der Waals surface area contributed by atoms with Gasteiger partial charge < -0.3 is 10.0 Å². The van der Waals surface area contributed by atoms with Gasteiger partial charge in [-0.2, -0.15) is 0 Å². The number of carbonyl (C=O) groups excluding carboxylic acids is 1. The fourth-order valence-electron chi connectivity index (χ4n) is 1.67. The summed E-state index contributed by atoms with van der Waals surface area (Å²) in [5.74, 6) is -0.0269. The molecule has 0 aliphatic carbocycles. The predicted octanol–water partition coefficient (Wildman–Crippen LogP) is 2.23. The van der Waals surface area contributed by atoms with Crippen LogP contribution in [0.25, 0.3) is 0 Å². The number of aliphatic hydroxyl groups is 1. The lowest BCUT2D eigenvalue weighted by atomic mass is 10.1. The van der Waals surface area contributed by atoms with Crippen LogP contribution in [0.15, 0.2) is 24.3 Å². The van der Waals surface area contributed by atoms with Crippen LogP contribution in [0, 0.1) is 6.92 Å². The maximum Gasteiger partial charge on any atom is 0.254 e. The molecule has 0 fully saturated rings. The van der Waals surface area contributed by atoms with Crippen molar-refractivity contribution in [1.29, 1.82) is 0 Å². The first-order valence-corrected chi connectivity index (χ1v) is 5.97. The van der Waals surface area contributed by atoms with E-state index in [0.717, 1.165) is 5.56 Å². The SMILES string of the molecule is Cc1ccc(C(=O)N(CC(C)O)C(C)C)cc1. The van der Waals surface area contributed by atoms with Gasteiger partial charge in [0.2, 0.25) is 0 Å². The van der Waals surface area contributed by atoms with E-state index in [1.165, 1.54) is 0 Å². The van der Waals surface area contributed by atoms with Gasteiger partial charge in [-0.05, 0) is 39.8 Å². The molecule has 3 heteroatoms. The molecule has 0 saturated heterocycles. The highest BCUT2D eigenvalue weighted by Crippen LogP contribution is 2.10. The normalized spacial score (nSPS) is 12.6.